The van der Waals surface area contributed by atoms with Gasteiger partial charge in [0.05, 0.1) is 5.52 Å². The number of imidazole rings is 2. The molecule has 5 aromatic heterocycles. The lowest BCUT2D eigenvalue weighted by atomic mass is 9.86. The zero-order valence-electron chi connectivity index (χ0n) is 28.8. The van der Waals surface area contributed by atoms with Gasteiger partial charge in [0.1, 0.15) is 28.4 Å². The fourth-order valence-corrected chi connectivity index (χ4v) is 8.29. The van der Waals surface area contributed by atoms with Crippen molar-refractivity contribution in [1.29, 1.82) is 0 Å². The Kier molecular flexibility index (Phi) is 6.33. The first kappa shape index (κ1) is 29.4. The Balaban J connectivity index is 1.22. The van der Waals surface area contributed by atoms with Crippen molar-refractivity contribution in [3.63, 3.8) is 0 Å². The minimum atomic E-state index is 0.740. The minimum absolute atomic E-state index is 0.740. The third-order valence-electron chi connectivity index (χ3n) is 10.5. The second-order valence-electron chi connectivity index (χ2n) is 13.6. The van der Waals surface area contributed by atoms with E-state index in [0.29, 0.717) is 0 Å². The summed E-state index contributed by atoms with van der Waals surface area (Å²) >= 11 is 0. The van der Waals surface area contributed by atoms with Crippen LogP contribution in [0.25, 0.3) is 77.0 Å². The fraction of sp³-hybridized carbons (Fsp3) is 0.0889. The van der Waals surface area contributed by atoms with Crippen LogP contribution in [0.15, 0.2) is 128 Å². The standard InChI is InChI=1S/C45H33N5O/c1-26-8-5-9-27(2)39(26)35-17-18-36(40-28(3)10-6-11-29(40)4)42-41(35)33-16-14-31(25-38(33)44-47-20-22-49(42)44)51-30-13-15-32-34-12-7-19-46-43(34)50-23-21-48-45(50)37(32)24-30/h5-25H,1-4H3. The van der Waals surface area contributed by atoms with Crippen LogP contribution in [0, 0.1) is 27.7 Å². The van der Waals surface area contributed by atoms with Crippen molar-refractivity contribution in [3.8, 4) is 33.8 Å². The zero-order chi connectivity index (χ0) is 34.4. The average Bonchev–Trinajstić information content (AvgIpc) is 3.84. The van der Waals surface area contributed by atoms with E-state index >= 15 is 0 Å². The number of hydrogen-bond donors (Lipinski definition) is 0. The number of rotatable bonds is 4. The molecule has 0 fully saturated rings. The summed E-state index contributed by atoms with van der Waals surface area (Å²) in [5.74, 6) is 1.48. The van der Waals surface area contributed by atoms with Gasteiger partial charge in [-0.25, -0.2) is 15.0 Å². The Morgan fingerprint density at radius 1 is 0.451 bits per heavy atom. The summed E-state index contributed by atoms with van der Waals surface area (Å²) in [5, 5.41) is 6.55. The summed E-state index contributed by atoms with van der Waals surface area (Å²) in [4.78, 5) is 14.3. The molecule has 10 aromatic rings. The first-order valence-corrected chi connectivity index (χ1v) is 17.3. The lowest BCUT2D eigenvalue weighted by Crippen LogP contribution is -1.99. The average molecular weight is 660 g/mol. The molecule has 10 rings (SSSR count). The number of aryl methyl sites for hydroxylation is 4. The molecule has 0 N–H and O–H groups in total. The van der Waals surface area contributed by atoms with Crippen LogP contribution in [0.2, 0.25) is 0 Å². The van der Waals surface area contributed by atoms with E-state index in [1.165, 1.54) is 49.9 Å². The summed E-state index contributed by atoms with van der Waals surface area (Å²) in [5.41, 5.74) is 13.7. The van der Waals surface area contributed by atoms with Crippen molar-refractivity contribution in [2.45, 2.75) is 27.7 Å². The van der Waals surface area contributed by atoms with Crippen molar-refractivity contribution in [3.05, 3.63) is 150 Å². The van der Waals surface area contributed by atoms with Gasteiger partial charge in [-0.2, -0.15) is 0 Å². The van der Waals surface area contributed by atoms with Crippen molar-refractivity contribution >= 4 is 54.8 Å². The molecule has 0 unspecified atom stereocenters. The van der Waals surface area contributed by atoms with E-state index in [1.807, 2.05) is 41.3 Å². The first-order chi connectivity index (χ1) is 25.0. The summed E-state index contributed by atoms with van der Waals surface area (Å²) in [6.07, 6.45) is 9.59. The predicted molar refractivity (Wildman–Crippen MR) is 208 cm³/mol. The molecular formula is C45H33N5O. The van der Waals surface area contributed by atoms with Crippen molar-refractivity contribution in [2.75, 3.05) is 0 Å². The largest absolute Gasteiger partial charge is 0.457 e. The normalized spacial score (nSPS) is 11.9. The first-order valence-electron chi connectivity index (χ1n) is 17.3. The van der Waals surface area contributed by atoms with Gasteiger partial charge in [-0.15, -0.1) is 0 Å². The van der Waals surface area contributed by atoms with Crippen molar-refractivity contribution in [2.24, 2.45) is 0 Å². The molecule has 0 saturated carbocycles. The maximum atomic E-state index is 6.66. The second kappa shape index (κ2) is 11.0. The second-order valence-corrected chi connectivity index (χ2v) is 13.6. The van der Waals surface area contributed by atoms with E-state index in [9.17, 15) is 0 Å². The maximum Gasteiger partial charge on any atom is 0.146 e. The molecule has 0 amide bonds. The van der Waals surface area contributed by atoms with Crippen LogP contribution >= 0.6 is 0 Å². The number of benzene rings is 5. The molecular weight excluding hydrogens is 627 g/mol. The number of hydrogen-bond acceptors (Lipinski definition) is 4. The van der Waals surface area contributed by atoms with Crippen LogP contribution in [0.1, 0.15) is 22.3 Å². The molecule has 6 nitrogen and oxygen atoms in total. The van der Waals surface area contributed by atoms with Gasteiger partial charge >= 0.3 is 0 Å². The van der Waals surface area contributed by atoms with Gasteiger partial charge in [-0.1, -0.05) is 48.5 Å². The summed E-state index contributed by atoms with van der Waals surface area (Å²) in [6, 6.07) is 34.4. The molecule has 244 valence electrons. The third-order valence-corrected chi connectivity index (χ3v) is 10.5. The van der Waals surface area contributed by atoms with Gasteiger partial charge in [0.25, 0.3) is 0 Å². The topological polar surface area (TPSA) is 56.7 Å². The monoisotopic (exact) mass is 659 g/mol. The molecule has 5 aromatic carbocycles. The summed E-state index contributed by atoms with van der Waals surface area (Å²) in [6.45, 7) is 8.81. The highest BCUT2D eigenvalue weighted by Gasteiger charge is 2.21. The van der Waals surface area contributed by atoms with Gasteiger partial charge in [-0.3, -0.25) is 8.80 Å². The summed E-state index contributed by atoms with van der Waals surface area (Å²) in [7, 11) is 0. The van der Waals surface area contributed by atoms with Gasteiger partial charge in [0.2, 0.25) is 0 Å². The van der Waals surface area contributed by atoms with E-state index in [2.05, 4.69) is 133 Å². The van der Waals surface area contributed by atoms with Gasteiger partial charge < -0.3 is 4.74 Å². The maximum absolute atomic E-state index is 6.66. The minimum Gasteiger partial charge on any atom is -0.457 e. The Labute approximate surface area is 294 Å². The molecule has 5 heterocycles. The number of aromatic nitrogens is 5. The zero-order valence-corrected chi connectivity index (χ0v) is 28.8. The van der Waals surface area contributed by atoms with Gasteiger partial charge in [0.15, 0.2) is 0 Å². The van der Waals surface area contributed by atoms with E-state index < -0.39 is 0 Å². The van der Waals surface area contributed by atoms with Crippen molar-refractivity contribution < 1.29 is 4.74 Å². The molecule has 51 heavy (non-hydrogen) atoms. The Hall–Kier alpha value is -6.53. The number of fused-ring (bicyclic) bond motifs is 12. The Morgan fingerprint density at radius 2 is 0.980 bits per heavy atom. The quantitative estimate of drug-likeness (QED) is 0.176. The van der Waals surface area contributed by atoms with Crippen LogP contribution in [0.4, 0.5) is 0 Å². The van der Waals surface area contributed by atoms with E-state index in [-0.39, 0.29) is 0 Å². The number of ether oxygens (including phenoxy) is 1. The summed E-state index contributed by atoms with van der Waals surface area (Å²) < 4.78 is 11.0. The molecule has 0 aliphatic heterocycles. The predicted octanol–water partition coefficient (Wildman–Crippen LogP) is 11.3. The highest BCUT2D eigenvalue weighted by molar-refractivity contribution is 6.21. The van der Waals surface area contributed by atoms with Crippen LogP contribution < -0.4 is 4.74 Å². The van der Waals surface area contributed by atoms with E-state index in [1.54, 1.807) is 0 Å². The molecule has 0 aliphatic rings. The van der Waals surface area contributed by atoms with E-state index in [0.717, 1.165) is 60.9 Å². The lowest BCUT2D eigenvalue weighted by Gasteiger charge is -2.21. The fourth-order valence-electron chi connectivity index (χ4n) is 8.29. The third kappa shape index (κ3) is 4.33. The Bertz CT molecular complexity index is 3020. The van der Waals surface area contributed by atoms with E-state index in [4.69, 9.17) is 9.72 Å². The van der Waals surface area contributed by atoms with Gasteiger partial charge in [-0.05, 0) is 126 Å². The molecule has 0 atom stereocenters. The molecule has 6 heteroatoms. The molecule has 0 radical (unpaired) electrons. The Morgan fingerprint density at radius 3 is 1.67 bits per heavy atom. The van der Waals surface area contributed by atoms with Crippen LogP contribution in [-0.2, 0) is 0 Å². The number of nitrogens with zero attached hydrogens (tertiary/aromatic N) is 5. The SMILES string of the molecule is Cc1cccc(C)c1-c1ccc(-c2c(C)cccc2C)c2c1c1ccc(Oc3ccc4c5cccnc5n5ccnc5c4c3)cc1c1nccn12. The van der Waals surface area contributed by atoms with Gasteiger partial charge in [0, 0.05) is 58.1 Å². The number of pyridine rings is 3. The van der Waals surface area contributed by atoms with Crippen LogP contribution in [0.3, 0.4) is 0 Å². The molecule has 0 saturated heterocycles. The lowest BCUT2D eigenvalue weighted by molar-refractivity contribution is 0.484. The highest BCUT2D eigenvalue weighted by atomic mass is 16.5. The molecule has 0 spiro atoms. The van der Waals surface area contributed by atoms with Crippen LogP contribution in [-0.4, -0.2) is 23.8 Å². The highest BCUT2D eigenvalue weighted by Crippen LogP contribution is 2.45. The molecule has 0 aliphatic carbocycles. The van der Waals surface area contributed by atoms with Crippen LogP contribution in [0.5, 0.6) is 11.5 Å². The smallest absolute Gasteiger partial charge is 0.146 e. The van der Waals surface area contributed by atoms with Crippen molar-refractivity contribution in [1.82, 2.24) is 23.8 Å². The molecule has 0 bridgehead atoms.